The summed E-state index contributed by atoms with van der Waals surface area (Å²) in [5.41, 5.74) is 6.71. The summed E-state index contributed by atoms with van der Waals surface area (Å²) >= 11 is 0. The van der Waals surface area contributed by atoms with Crippen LogP contribution in [0.5, 0.6) is 0 Å². The molecule has 0 unspecified atom stereocenters. The van der Waals surface area contributed by atoms with Gasteiger partial charge in [-0.25, -0.2) is 0 Å². The van der Waals surface area contributed by atoms with Crippen molar-refractivity contribution in [1.82, 2.24) is 10.2 Å². The van der Waals surface area contributed by atoms with Gasteiger partial charge in [-0.1, -0.05) is 13.3 Å². The standard InChI is InChI=1S/C14H24N4/c1-2-3-13-4-5-14(17-16-13)18-10-7-12(6-9-15)8-11-18/h4-5,12H,2-3,6-11,15H2,1H3. The van der Waals surface area contributed by atoms with Crippen molar-refractivity contribution < 1.29 is 0 Å². The molecule has 1 aromatic rings. The Morgan fingerprint density at radius 1 is 1.28 bits per heavy atom. The SMILES string of the molecule is CCCc1ccc(N2CCC(CCN)CC2)nn1. The smallest absolute Gasteiger partial charge is 0.151 e. The van der Waals surface area contributed by atoms with Gasteiger partial charge < -0.3 is 10.6 Å². The topological polar surface area (TPSA) is 55.0 Å². The lowest BCUT2D eigenvalue weighted by molar-refractivity contribution is 0.384. The van der Waals surface area contributed by atoms with Gasteiger partial charge >= 0.3 is 0 Å². The molecule has 0 spiro atoms. The van der Waals surface area contributed by atoms with Gasteiger partial charge in [0.15, 0.2) is 5.82 Å². The zero-order chi connectivity index (χ0) is 12.8. The molecule has 0 aromatic carbocycles. The van der Waals surface area contributed by atoms with Crippen molar-refractivity contribution in [1.29, 1.82) is 0 Å². The molecule has 4 heteroatoms. The van der Waals surface area contributed by atoms with Crippen LogP contribution < -0.4 is 10.6 Å². The summed E-state index contributed by atoms with van der Waals surface area (Å²) in [6, 6.07) is 4.22. The molecule has 0 atom stereocenters. The first-order valence-corrected chi connectivity index (χ1v) is 7.11. The van der Waals surface area contributed by atoms with E-state index in [9.17, 15) is 0 Å². The van der Waals surface area contributed by atoms with Crippen LogP contribution in [0.25, 0.3) is 0 Å². The average molecular weight is 248 g/mol. The van der Waals surface area contributed by atoms with Crippen LogP contribution in [0, 0.1) is 5.92 Å². The fourth-order valence-electron chi connectivity index (χ4n) is 2.60. The quantitative estimate of drug-likeness (QED) is 0.866. The molecular weight excluding hydrogens is 224 g/mol. The summed E-state index contributed by atoms with van der Waals surface area (Å²) < 4.78 is 0. The van der Waals surface area contributed by atoms with Crippen LogP contribution in [0.4, 0.5) is 5.82 Å². The fourth-order valence-corrected chi connectivity index (χ4v) is 2.60. The Labute approximate surface area is 110 Å². The molecule has 1 fully saturated rings. The van der Waals surface area contributed by atoms with Crippen molar-refractivity contribution >= 4 is 5.82 Å². The Kier molecular flexibility index (Phi) is 4.93. The number of piperidine rings is 1. The van der Waals surface area contributed by atoms with E-state index in [2.05, 4.69) is 34.2 Å². The highest BCUT2D eigenvalue weighted by Crippen LogP contribution is 2.23. The molecule has 1 aliphatic rings. The third-order valence-corrected chi connectivity index (χ3v) is 3.73. The van der Waals surface area contributed by atoms with Crippen LogP contribution >= 0.6 is 0 Å². The zero-order valence-electron chi connectivity index (χ0n) is 11.3. The largest absolute Gasteiger partial charge is 0.355 e. The number of aryl methyl sites for hydroxylation is 1. The number of hydrogen-bond donors (Lipinski definition) is 1. The summed E-state index contributed by atoms with van der Waals surface area (Å²) in [6.45, 7) is 5.16. The number of nitrogens with two attached hydrogens (primary N) is 1. The summed E-state index contributed by atoms with van der Waals surface area (Å²) in [7, 11) is 0. The van der Waals surface area contributed by atoms with E-state index in [1.807, 2.05) is 0 Å². The number of aromatic nitrogens is 2. The summed E-state index contributed by atoms with van der Waals surface area (Å²) in [4.78, 5) is 2.34. The predicted molar refractivity (Wildman–Crippen MR) is 74.6 cm³/mol. The summed E-state index contributed by atoms with van der Waals surface area (Å²) in [6.07, 6.45) is 5.77. The molecule has 2 rings (SSSR count). The minimum absolute atomic E-state index is 0.804. The van der Waals surface area contributed by atoms with Gasteiger partial charge in [0.05, 0.1) is 5.69 Å². The van der Waals surface area contributed by atoms with Gasteiger partial charge in [0, 0.05) is 13.1 Å². The van der Waals surface area contributed by atoms with Crippen molar-refractivity contribution in [2.75, 3.05) is 24.5 Å². The normalized spacial score (nSPS) is 17.1. The number of rotatable bonds is 5. The van der Waals surface area contributed by atoms with Gasteiger partial charge in [-0.2, -0.15) is 5.10 Å². The molecule has 0 amide bonds. The van der Waals surface area contributed by atoms with E-state index in [4.69, 9.17) is 5.73 Å². The lowest BCUT2D eigenvalue weighted by atomic mass is 9.94. The molecule has 1 aromatic heterocycles. The van der Waals surface area contributed by atoms with Gasteiger partial charge in [-0.15, -0.1) is 5.10 Å². The van der Waals surface area contributed by atoms with Crippen molar-refractivity contribution in [2.45, 2.75) is 39.0 Å². The minimum atomic E-state index is 0.804. The average Bonchev–Trinajstić information content (AvgIpc) is 2.41. The van der Waals surface area contributed by atoms with E-state index in [0.717, 1.165) is 56.3 Å². The van der Waals surface area contributed by atoms with Gasteiger partial charge in [0.2, 0.25) is 0 Å². The highest BCUT2D eigenvalue weighted by atomic mass is 15.3. The lowest BCUT2D eigenvalue weighted by Crippen LogP contribution is -2.35. The third-order valence-electron chi connectivity index (χ3n) is 3.73. The monoisotopic (exact) mass is 248 g/mol. The Morgan fingerprint density at radius 2 is 2.06 bits per heavy atom. The maximum atomic E-state index is 5.61. The second kappa shape index (κ2) is 6.69. The molecule has 0 bridgehead atoms. The first kappa shape index (κ1) is 13.3. The van der Waals surface area contributed by atoms with E-state index >= 15 is 0 Å². The molecule has 18 heavy (non-hydrogen) atoms. The lowest BCUT2D eigenvalue weighted by Gasteiger charge is -2.32. The molecule has 2 N–H and O–H groups in total. The molecule has 100 valence electrons. The van der Waals surface area contributed by atoms with Gasteiger partial charge in [0.25, 0.3) is 0 Å². The molecule has 1 aliphatic heterocycles. The Hall–Kier alpha value is -1.16. The van der Waals surface area contributed by atoms with Crippen molar-refractivity contribution in [3.05, 3.63) is 17.8 Å². The zero-order valence-corrected chi connectivity index (χ0v) is 11.3. The van der Waals surface area contributed by atoms with E-state index in [1.165, 1.54) is 12.8 Å². The van der Waals surface area contributed by atoms with Crippen LogP contribution in [0.1, 0.15) is 38.3 Å². The number of anilines is 1. The first-order chi connectivity index (χ1) is 8.83. The molecule has 4 nitrogen and oxygen atoms in total. The Bertz CT molecular complexity index is 341. The minimum Gasteiger partial charge on any atom is -0.355 e. The molecule has 0 aliphatic carbocycles. The Morgan fingerprint density at radius 3 is 2.61 bits per heavy atom. The molecule has 1 saturated heterocycles. The molecule has 0 radical (unpaired) electrons. The van der Waals surface area contributed by atoms with E-state index < -0.39 is 0 Å². The van der Waals surface area contributed by atoms with Gasteiger partial charge in [-0.05, 0) is 50.3 Å². The van der Waals surface area contributed by atoms with Gasteiger partial charge in [-0.3, -0.25) is 0 Å². The third kappa shape index (κ3) is 3.42. The summed E-state index contributed by atoms with van der Waals surface area (Å²) in [5, 5.41) is 8.63. The maximum absolute atomic E-state index is 5.61. The number of nitrogens with zero attached hydrogens (tertiary/aromatic N) is 3. The molecule has 0 saturated carbocycles. The number of hydrogen-bond acceptors (Lipinski definition) is 4. The second-order valence-electron chi connectivity index (χ2n) is 5.14. The summed E-state index contributed by atoms with van der Waals surface area (Å²) in [5.74, 6) is 1.83. The van der Waals surface area contributed by atoms with Crippen molar-refractivity contribution in [3.63, 3.8) is 0 Å². The van der Waals surface area contributed by atoms with Crippen LogP contribution in [0.15, 0.2) is 12.1 Å². The van der Waals surface area contributed by atoms with Crippen LogP contribution in [0.3, 0.4) is 0 Å². The highest BCUT2D eigenvalue weighted by molar-refractivity contribution is 5.37. The van der Waals surface area contributed by atoms with Crippen LogP contribution in [-0.4, -0.2) is 29.8 Å². The fraction of sp³-hybridized carbons (Fsp3) is 0.714. The van der Waals surface area contributed by atoms with Gasteiger partial charge in [0.1, 0.15) is 0 Å². The predicted octanol–water partition coefficient (Wildman–Crippen LogP) is 1.99. The van der Waals surface area contributed by atoms with E-state index in [-0.39, 0.29) is 0 Å². The van der Waals surface area contributed by atoms with Crippen molar-refractivity contribution in [2.24, 2.45) is 11.7 Å². The van der Waals surface area contributed by atoms with Crippen LogP contribution in [-0.2, 0) is 6.42 Å². The first-order valence-electron chi connectivity index (χ1n) is 7.11. The molecule has 2 heterocycles. The Balaban J connectivity index is 1.89. The van der Waals surface area contributed by atoms with E-state index in [0.29, 0.717) is 0 Å². The van der Waals surface area contributed by atoms with E-state index in [1.54, 1.807) is 0 Å². The maximum Gasteiger partial charge on any atom is 0.151 e. The highest BCUT2D eigenvalue weighted by Gasteiger charge is 2.19. The van der Waals surface area contributed by atoms with Crippen LogP contribution in [0.2, 0.25) is 0 Å². The van der Waals surface area contributed by atoms with Crippen molar-refractivity contribution in [3.8, 4) is 0 Å². The second-order valence-corrected chi connectivity index (χ2v) is 5.14. The molecular formula is C14H24N4.